The van der Waals surface area contributed by atoms with Crippen molar-refractivity contribution in [2.75, 3.05) is 13.1 Å². The molecule has 1 aromatic rings. The highest BCUT2D eigenvalue weighted by molar-refractivity contribution is 5.76. The zero-order valence-electron chi connectivity index (χ0n) is 9.32. The van der Waals surface area contributed by atoms with Crippen LogP contribution < -0.4 is 0 Å². The first kappa shape index (κ1) is 11.6. The summed E-state index contributed by atoms with van der Waals surface area (Å²) >= 11 is 0. The molecule has 1 aliphatic rings. The van der Waals surface area contributed by atoms with Crippen LogP contribution in [0.15, 0.2) is 12.4 Å². The van der Waals surface area contributed by atoms with E-state index in [2.05, 4.69) is 10.3 Å². The number of rotatable bonds is 4. The van der Waals surface area contributed by atoms with Crippen molar-refractivity contribution in [3.63, 3.8) is 0 Å². The van der Waals surface area contributed by atoms with Gasteiger partial charge in [0.25, 0.3) is 0 Å². The average Bonchev–Trinajstić information content (AvgIpc) is 2.87. The fourth-order valence-electron chi connectivity index (χ4n) is 2.03. The fraction of sp³-hybridized carbons (Fsp3) is 0.600. The lowest BCUT2D eigenvalue weighted by atomic mass is 10.1. The van der Waals surface area contributed by atoms with E-state index in [4.69, 9.17) is 5.11 Å². The van der Waals surface area contributed by atoms with Gasteiger partial charge in [-0.05, 0) is 12.3 Å². The van der Waals surface area contributed by atoms with Gasteiger partial charge in [-0.25, -0.2) is 4.68 Å². The number of carboxylic acids is 1. The minimum atomic E-state index is -0.805. The number of amides is 1. The fourth-order valence-corrected chi connectivity index (χ4v) is 2.03. The van der Waals surface area contributed by atoms with Crippen LogP contribution in [0.5, 0.6) is 0 Å². The van der Waals surface area contributed by atoms with Gasteiger partial charge in [0, 0.05) is 25.7 Å². The Kier molecular flexibility index (Phi) is 3.36. The molecule has 7 heteroatoms. The maximum absolute atomic E-state index is 11.8. The van der Waals surface area contributed by atoms with Crippen molar-refractivity contribution in [2.24, 2.45) is 5.92 Å². The summed E-state index contributed by atoms with van der Waals surface area (Å²) in [5, 5.41) is 16.0. The number of hydrogen-bond donors (Lipinski definition) is 1. The monoisotopic (exact) mass is 238 g/mol. The second kappa shape index (κ2) is 4.94. The lowest BCUT2D eigenvalue weighted by molar-refractivity contribution is -0.138. The molecule has 2 heterocycles. The van der Waals surface area contributed by atoms with Crippen LogP contribution in [-0.2, 0) is 16.1 Å². The van der Waals surface area contributed by atoms with Crippen molar-refractivity contribution in [1.82, 2.24) is 19.9 Å². The van der Waals surface area contributed by atoms with Gasteiger partial charge in [0.2, 0.25) is 5.91 Å². The highest BCUT2D eigenvalue weighted by Crippen LogP contribution is 2.19. The van der Waals surface area contributed by atoms with Crippen LogP contribution in [-0.4, -0.2) is 50.0 Å². The molecule has 1 unspecified atom stereocenters. The second-order valence-electron chi connectivity index (χ2n) is 4.19. The Morgan fingerprint density at radius 3 is 2.94 bits per heavy atom. The van der Waals surface area contributed by atoms with E-state index in [9.17, 15) is 9.59 Å². The smallest absolute Gasteiger partial charge is 0.303 e. The van der Waals surface area contributed by atoms with Gasteiger partial charge in [-0.15, -0.1) is 5.10 Å². The Labute approximate surface area is 98.0 Å². The summed E-state index contributed by atoms with van der Waals surface area (Å²) in [6.45, 7) is 1.32. The Balaban J connectivity index is 1.83. The molecule has 1 atom stereocenters. The Morgan fingerprint density at radius 2 is 2.29 bits per heavy atom. The molecule has 0 aliphatic carbocycles. The molecule has 0 aromatic carbocycles. The number of aliphatic carboxylic acids is 1. The molecule has 0 bridgehead atoms. The zero-order valence-corrected chi connectivity index (χ0v) is 9.32. The van der Waals surface area contributed by atoms with E-state index in [0.29, 0.717) is 13.1 Å². The predicted octanol–water partition coefficient (Wildman–Crippen LogP) is -0.399. The lowest BCUT2D eigenvalue weighted by Crippen LogP contribution is -2.32. The van der Waals surface area contributed by atoms with Crippen molar-refractivity contribution in [1.29, 1.82) is 0 Å². The van der Waals surface area contributed by atoms with Gasteiger partial charge in [0.05, 0.1) is 6.20 Å². The third kappa shape index (κ3) is 3.02. The summed E-state index contributed by atoms with van der Waals surface area (Å²) in [7, 11) is 0. The molecule has 2 rings (SSSR count). The molecule has 0 radical (unpaired) electrons. The van der Waals surface area contributed by atoms with E-state index < -0.39 is 5.97 Å². The summed E-state index contributed by atoms with van der Waals surface area (Å²) < 4.78 is 1.47. The van der Waals surface area contributed by atoms with Crippen LogP contribution in [0.4, 0.5) is 0 Å². The molecule has 1 aromatic heterocycles. The first-order valence-corrected chi connectivity index (χ1v) is 5.49. The zero-order chi connectivity index (χ0) is 12.3. The van der Waals surface area contributed by atoms with E-state index in [1.54, 1.807) is 11.1 Å². The lowest BCUT2D eigenvalue weighted by Gasteiger charge is -2.15. The van der Waals surface area contributed by atoms with Gasteiger partial charge in [-0.3, -0.25) is 9.59 Å². The molecular weight excluding hydrogens is 224 g/mol. The number of carbonyl (C=O) groups excluding carboxylic acids is 1. The molecule has 1 saturated heterocycles. The first-order valence-electron chi connectivity index (χ1n) is 5.49. The minimum Gasteiger partial charge on any atom is -0.481 e. The highest BCUT2D eigenvalue weighted by Gasteiger charge is 2.27. The Morgan fingerprint density at radius 1 is 1.47 bits per heavy atom. The van der Waals surface area contributed by atoms with Crippen molar-refractivity contribution in [2.45, 2.75) is 19.4 Å². The van der Waals surface area contributed by atoms with Crippen LogP contribution in [0.3, 0.4) is 0 Å². The van der Waals surface area contributed by atoms with Gasteiger partial charge < -0.3 is 10.0 Å². The number of carbonyl (C=O) groups is 2. The number of nitrogens with zero attached hydrogens (tertiary/aromatic N) is 4. The number of likely N-dealkylation sites (tertiary alicyclic amines) is 1. The van der Waals surface area contributed by atoms with Crippen molar-refractivity contribution in [3.05, 3.63) is 12.4 Å². The van der Waals surface area contributed by atoms with E-state index in [0.717, 1.165) is 6.42 Å². The standard InChI is InChI=1S/C10H14N4O3/c15-9(7-14-4-2-11-12-14)13-3-1-8(6-13)5-10(16)17/h2,4,8H,1,3,5-7H2,(H,16,17). The minimum absolute atomic E-state index is 0.0385. The Hall–Kier alpha value is -1.92. The second-order valence-corrected chi connectivity index (χ2v) is 4.19. The van der Waals surface area contributed by atoms with Crippen LogP contribution in [0.1, 0.15) is 12.8 Å². The summed E-state index contributed by atoms with van der Waals surface area (Å²) in [5.74, 6) is -0.767. The van der Waals surface area contributed by atoms with Crippen LogP contribution >= 0.6 is 0 Å². The van der Waals surface area contributed by atoms with Crippen molar-refractivity contribution in [3.8, 4) is 0 Å². The molecule has 1 fully saturated rings. The molecule has 17 heavy (non-hydrogen) atoms. The Bertz CT molecular complexity index is 404. The van der Waals surface area contributed by atoms with Crippen molar-refractivity contribution >= 4 is 11.9 Å². The highest BCUT2D eigenvalue weighted by atomic mass is 16.4. The third-order valence-electron chi connectivity index (χ3n) is 2.87. The van der Waals surface area contributed by atoms with E-state index in [1.807, 2.05) is 0 Å². The van der Waals surface area contributed by atoms with Crippen LogP contribution in [0.2, 0.25) is 0 Å². The van der Waals surface area contributed by atoms with Gasteiger partial charge in [0.1, 0.15) is 6.54 Å². The SMILES string of the molecule is O=C(O)CC1CCN(C(=O)Cn2ccnn2)C1. The molecule has 1 aliphatic heterocycles. The topological polar surface area (TPSA) is 88.3 Å². The van der Waals surface area contributed by atoms with E-state index in [-0.39, 0.29) is 24.8 Å². The molecule has 92 valence electrons. The van der Waals surface area contributed by atoms with Gasteiger partial charge >= 0.3 is 5.97 Å². The van der Waals surface area contributed by atoms with E-state index in [1.165, 1.54) is 10.9 Å². The molecule has 0 saturated carbocycles. The first-order chi connectivity index (χ1) is 8.15. The number of aromatic nitrogens is 3. The predicted molar refractivity (Wildman–Crippen MR) is 57.0 cm³/mol. The molecule has 1 N–H and O–H groups in total. The normalized spacial score (nSPS) is 19.5. The van der Waals surface area contributed by atoms with Crippen molar-refractivity contribution < 1.29 is 14.7 Å². The summed E-state index contributed by atoms with van der Waals surface area (Å²) in [4.78, 5) is 24.1. The summed E-state index contributed by atoms with van der Waals surface area (Å²) in [5.41, 5.74) is 0. The molecular formula is C10H14N4O3. The van der Waals surface area contributed by atoms with Crippen LogP contribution in [0, 0.1) is 5.92 Å². The molecule has 0 spiro atoms. The maximum Gasteiger partial charge on any atom is 0.303 e. The third-order valence-corrected chi connectivity index (χ3v) is 2.87. The van der Waals surface area contributed by atoms with Crippen LogP contribution in [0.25, 0.3) is 0 Å². The summed E-state index contributed by atoms with van der Waals surface area (Å²) in [6.07, 6.45) is 4.04. The maximum atomic E-state index is 11.8. The summed E-state index contributed by atoms with van der Waals surface area (Å²) in [6, 6.07) is 0. The van der Waals surface area contributed by atoms with E-state index >= 15 is 0 Å². The van der Waals surface area contributed by atoms with Gasteiger partial charge in [0.15, 0.2) is 0 Å². The quantitative estimate of drug-likeness (QED) is 0.771. The number of carboxylic acid groups (broad SMARTS) is 1. The van der Waals surface area contributed by atoms with Gasteiger partial charge in [-0.2, -0.15) is 0 Å². The molecule has 1 amide bonds. The molecule has 7 nitrogen and oxygen atoms in total. The number of hydrogen-bond acceptors (Lipinski definition) is 4. The average molecular weight is 238 g/mol. The van der Waals surface area contributed by atoms with Gasteiger partial charge in [-0.1, -0.05) is 5.21 Å². The largest absolute Gasteiger partial charge is 0.481 e.